The van der Waals surface area contributed by atoms with Crippen molar-refractivity contribution in [1.82, 2.24) is 14.7 Å². The van der Waals surface area contributed by atoms with Gasteiger partial charge in [0.25, 0.3) is 5.91 Å². The number of amides is 1. The number of rotatable bonds is 3. The number of hydrogen-bond donors (Lipinski definition) is 0. The third kappa shape index (κ3) is 2.96. The molecule has 1 amide bonds. The largest absolute Gasteiger partial charge is 0.369 e. The maximum absolute atomic E-state index is 13.2. The number of nitrogens with zero attached hydrogens (tertiary/aromatic N) is 3. The van der Waals surface area contributed by atoms with Crippen LogP contribution >= 0.6 is 0 Å². The molecule has 128 valence electrons. The van der Waals surface area contributed by atoms with Crippen LogP contribution in [0.25, 0.3) is 0 Å². The van der Waals surface area contributed by atoms with Gasteiger partial charge in [0.15, 0.2) is 0 Å². The minimum absolute atomic E-state index is 0.0293. The van der Waals surface area contributed by atoms with E-state index in [1.807, 2.05) is 49.9 Å². The Balaban J connectivity index is 1.91. The fourth-order valence-electron chi connectivity index (χ4n) is 3.50. The minimum atomic E-state index is -0.106. The van der Waals surface area contributed by atoms with E-state index in [0.29, 0.717) is 18.8 Å². The Hall–Kier alpha value is -2.14. The van der Waals surface area contributed by atoms with Crippen molar-refractivity contribution in [3.63, 3.8) is 0 Å². The zero-order valence-corrected chi connectivity index (χ0v) is 14.8. The SMILES string of the molecule is CCn1nc(C)cc1C(=O)N1[C@@H](C)CO[C@H](c2ccccc2)[C@@H]1C. The molecule has 2 aromatic rings. The molecule has 5 nitrogen and oxygen atoms in total. The van der Waals surface area contributed by atoms with Gasteiger partial charge in [-0.3, -0.25) is 9.48 Å². The molecule has 3 rings (SSSR count). The number of carbonyl (C=O) groups is 1. The molecule has 1 fully saturated rings. The van der Waals surface area contributed by atoms with Crippen molar-refractivity contribution >= 4 is 5.91 Å². The van der Waals surface area contributed by atoms with E-state index in [0.717, 1.165) is 11.3 Å². The van der Waals surface area contributed by atoms with Gasteiger partial charge in [0.1, 0.15) is 11.8 Å². The molecule has 5 heteroatoms. The summed E-state index contributed by atoms with van der Waals surface area (Å²) in [5.41, 5.74) is 2.63. The van der Waals surface area contributed by atoms with E-state index in [-0.39, 0.29) is 24.1 Å². The molecule has 1 aliphatic heterocycles. The Morgan fingerprint density at radius 2 is 2.00 bits per heavy atom. The lowest BCUT2D eigenvalue weighted by Gasteiger charge is -2.43. The molecule has 0 bridgehead atoms. The summed E-state index contributed by atoms with van der Waals surface area (Å²) in [6.07, 6.45) is -0.106. The van der Waals surface area contributed by atoms with Crippen molar-refractivity contribution < 1.29 is 9.53 Å². The van der Waals surface area contributed by atoms with Crippen molar-refractivity contribution in [2.45, 2.75) is 52.4 Å². The number of aromatic nitrogens is 2. The summed E-state index contributed by atoms with van der Waals surface area (Å²) in [4.78, 5) is 15.1. The van der Waals surface area contributed by atoms with Crippen LogP contribution in [0.15, 0.2) is 36.4 Å². The van der Waals surface area contributed by atoms with Crippen LogP contribution in [0.1, 0.15) is 48.6 Å². The van der Waals surface area contributed by atoms with Crippen LogP contribution in [0.2, 0.25) is 0 Å². The Bertz CT molecular complexity index is 711. The van der Waals surface area contributed by atoms with Crippen molar-refractivity contribution in [1.29, 1.82) is 0 Å². The van der Waals surface area contributed by atoms with Gasteiger partial charge in [0, 0.05) is 6.54 Å². The molecule has 0 aliphatic carbocycles. The number of benzene rings is 1. The fraction of sp³-hybridized carbons (Fsp3) is 0.474. The summed E-state index contributed by atoms with van der Waals surface area (Å²) in [6, 6.07) is 12.0. The number of carbonyl (C=O) groups excluding carboxylic acids is 1. The summed E-state index contributed by atoms with van der Waals surface area (Å²) in [5, 5.41) is 4.41. The molecule has 1 aromatic heterocycles. The molecule has 2 heterocycles. The highest BCUT2D eigenvalue weighted by molar-refractivity contribution is 5.93. The molecule has 0 saturated carbocycles. The molecule has 1 aromatic carbocycles. The minimum Gasteiger partial charge on any atom is -0.369 e. The van der Waals surface area contributed by atoms with Gasteiger partial charge in [-0.15, -0.1) is 0 Å². The van der Waals surface area contributed by atoms with Crippen LogP contribution in [0.5, 0.6) is 0 Å². The maximum atomic E-state index is 13.2. The number of hydrogen-bond acceptors (Lipinski definition) is 3. The first-order valence-electron chi connectivity index (χ1n) is 8.56. The summed E-state index contributed by atoms with van der Waals surface area (Å²) in [7, 11) is 0. The highest BCUT2D eigenvalue weighted by Crippen LogP contribution is 2.32. The van der Waals surface area contributed by atoms with E-state index in [2.05, 4.69) is 24.2 Å². The number of morpholine rings is 1. The quantitative estimate of drug-likeness (QED) is 0.870. The topological polar surface area (TPSA) is 47.4 Å². The van der Waals surface area contributed by atoms with Crippen molar-refractivity contribution in [3.8, 4) is 0 Å². The van der Waals surface area contributed by atoms with E-state index in [4.69, 9.17) is 4.74 Å². The van der Waals surface area contributed by atoms with E-state index in [9.17, 15) is 4.79 Å². The van der Waals surface area contributed by atoms with Gasteiger partial charge in [-0.05, 0) is 39.3 Å². The van der Waals surface area contributed by atoms with Gasteiger partial charge in [0.2, 0.25) is 0 Å². The van der Waals surface area contributed by atoms with Gasteiger partial charge in [0.05, 0.1) is 24.4 Å². The third-order valence-corrected chi connectivity index (χ3v) is 4.65. The molecule has 0 spiro atoms. The normalized spacial score (nSPS) is 24.2. The average molecular weight is 327 g/mol. The molecule has 0 N–H and O–H groups in total. The Kier molecular flexibility index (Phi) is 4.71. The van der Waals surface area contributed by atoms with Crippen molar-refractivity contribution in [2.24, 2.45) is 0 Å². The third-order valence-electron chi connectivity index (χ3n) is 4.65. The smallest absolute Gasteiger partial charge is 0.272 e. The van der Waals surface area contributed by atoms with E-state index in [1.54, 1.807) is 4.68 Å². The zero-order valence-electron chi connectivity index (χ0n) is 14.8. The Morgan fingerprint density at radius 1 is 1.29 bits per heavy atom. The highest BCUT2D eigenvalue weighted by atomic mass is 16.5. The van der Waals surface area contributed by atoms with E-state index in [1.165, 1.54) is 0 Å². The van der Waals surface area contributed by atoms with E-state index < -0.39 is 0 Å². The molecule has 0 radical (unpaired) electrons. The summed E-state index contributed by atoms with van der Waals surface area (Å²) < 4.78 is 7.83. The molecular formula is C19H25N3O2. The summed E-state index contributed by atoms with van der Waals surface area (Å²) in [6.45, 7) is 9.24. The first-order valence-corrected chi connectivity index (χ1v) is 8.56. The predicted molar refractivity (Wildman–Crippen MR) is 92.9 cm³/mol. The van der Waals surface area contributed by atoms with Gasteiger partial charge in [-0.25, -0.2) is 0 Å². The second kappa shape index (κ2) is 6.77. The van der Waals surface area contributed by atoms with Crippen LogP contribution in [-0.2, 0) is 11.3 Å². The second-order valence-electron chi connectivity index (χ2n) is 6.45. The highest BCUT2D eigenvalue weighted by Gasteiger charge is 2.38. The number of aryl methyl sites for hydroxylation is 2. The monoisotopic (exact) mass is 327 g/mol. The standard InChI is InChI=1S/C19H25N3O2/c1-5-21-17(11-13(2)20-21)19(23)22-14(3)12-24-18(15(22)4)16-9-7-6-8-10-16/h6-11,14-15,18H,5,12H2,1-4H3/t14-,15-,18-/m0/s1. The zero-order chi connectivity index (χ0) is 17.3. The van der Waals surface area contributed by atoms with Crippen LogP contribution in [0.3, 0.4) is 0 Å². The summed E-state index contributed by atoms with van der Waals surface area (Å²) >= 11 is 0. The van der Waals surface area contributed by atoms with Crippen LogP contribution in [0.4, 0.5) is 0 Å². The number of ether oxygens (including phenoxy) is 1. The average Bonchev–Trinajstić information content (AvgIpc) is 2.96. The summed E-state index contributed by atoms with van der Waals surface area (Å²) in [5.74, 6) is 0.0293. The van der Waals surface area contributed by atoms with Crippen molar-refractivity contribution in [3.05, 3.63) is 53.3 Å². The van der Waals surface area contributed by atoms with Gasteiger partial charge >= 0.3 is 0 Å². The van der Waals surface area contributed by atoms with Gasteiger partial charge < -0.3 is 9.64 Å². The predicted octanol–water partition coefficient (Wildman–Crippen LogP) is 3.20. The lowest BCUT2D eigenvalue weighted by atomic mass is 9.98. The Morgan fingerprint density at radius 3 is 2.67 bits per heavy atom. The van der Waals surface area contributed by atoms with Crippen LogP contribution in [0, 0.1) is 6.92 Å². The van der Waals surface area contributed by atoms with Crippen LogP contribution in [-0.4, -0.2) is 39.3 Å². The lowest BCUT2D eigenvalue weighted by Crippen LogP contribution is -2.54. The van der Waals surface area contributed by atoms with Gasteiger partial charge in [-0.1, -0.05) is 30.3 Å². The van der Waals surface area contributed by atoms with E-state index >= 15 is 0 Å². The van der Waals surface area contributed by atoms with Gasteiger partial charge in [-0.2, -0.15) is 5.10 Å². The molecule has 24 heavy (non-hydrogen) atoms. The maximum Gasteiger partial charge on any atom is 0.272 e. The molecule has 3 atom stereocenters. The molecule has 1 saturated heterocycles. The van der Waals surface area contributed by atoms with Crippen LogP contribution < -0.4 is 0 Å². The molecular weight excluding hydrogens is 302 g/mol. The second-order valence-corrected chi connectivity index (χ2v) is 6.45. The Labute approximate surface area is 143 Å². The lowest BCUT2D eigenvalue weighted by molar-refractivity contribution is -0.0809. The first-order chi connectivity index (χ1) is 11.5. The van der Waals surface area contributed by atoms with Crippen molar-refractivity contribution in [2.75, 3.05) is 6.61 Å². The molecule has 0 unspecified atom stereocenters. The fourth-order valence-corrected chi connectivity index (χ4v) is 3.50. The first kappa shape index (κ1) is 16.7. The molecule has 1 aliphatic rings.